The fourth-order valence-electron chi connectivity index (χ4n) is 4.34. The number of phenols is 1. The molecule has 2 aliphatic rings. The highest BCUT2D eigenvalue weighted by Crippen LogP contribution is 2.30. The molecule has 5 heteroatoms. The monoisotopic (exact) mass is 464 g/mol. The van der Waals surface area contributed by atoms with E-state index in [1.807, 2.05) is 12.1 Å². The van der Waals surface area contributed by atoms with Gasteiger partial charge in [0.1, 0.15) is 5.75 Å². The Hall–Kier alpha value is -1.31. The zero-order chi connectivity index (χ0) is 18.3. The van der Waals surface area contributed by atoms with Crippen molar-refractivity contribution < 1.29 is 10.2 Å². The number of phenolic OH excluding ortho intramolecular Hbond substituents is 1. The number of benzene rings is 2. The summed E-state index contributed by atoms with van der Waals surface area (Å²) in [6, 6.07) is 12.2. The molecule has 0 saturated carbocycles. The molecule has 138 valence electrons. The fourth-order valence-corrected chi connectivity index (χ4v) is 5.11. The Bertz CT molecular complexity index is 803. The smallest absolute Gasteiger partial charge is 0.117 e. The van der Waals surface area contributed by atoms with Gasteiger partial charge in [-0.15, -0.1) is 0 Å². The molecular weight excluding hydrogens is 439 g/mol. The minimum Gasteiger partial charge on any atom is -0.508 e. The van der Waals surface area contributed by atoms with Gasteiger partial charge in [0.25, 0.3) is 0 Å². The Labute approximate surface area is 168 Å². The molecule has 1 saturated heterocycles. The number of anilines is 1. The number of hydrogen-bond acceptors (Lipinski definition) is 4. The summed E-state index contributed by atoms with van der Waals surface area (Å²) in [5, 5.41) is 20.5. The van der Waals surface area contributed by atoms with Crippen LogP contribution in [-0.2, 0) is 12.8 Å². The molecule has 4 nitrogen and oxygen atoms in total. The van der Waals surface area contributed by atoms with Gasteiger partial charge in [0.15, 0.2) is 0 Å². The van der Waals surface area contributed by atoms with E-state index in [0.717, 1.165) is 44.7 Å². The summed E-state index contributed by atoms with van der Waals surface area (Å²) in [6.07, 6.45) is 1.39. The summed E-state index contributed by atoms with van der Waals surface area (Å²) in [7, 11) is 0. The van der Waals surface area contributed by atoms with Crippen LogP contribution in [0, 0.1) is 10.5 Å². The molecule has 1 fully saturated rings. The van der Waals surface area contributed by atoms with E-state index < -0.39 is 0 Å². The van der Waals surface area contributed by atoms with Crippen molar-refractivity contribution >= 4 is 28.3 Å². The molecule has 2 aromatic carbocycles. The molecule has 26 heavy (non-hydrogen) atoms. The van der Waals surface area contributed by atoms with Gasteiger partial charge in [-0.05, 0) is 64.8 Å². The van der Waals surface area contributed by atoms with Crippen LogP contribution in [0.15, 0.2) is 36.4 Å². The summed E-state index contributed by atoms with van der Waals surface area (Å²) in [4.78, 5) is 4.80. The maximum Gasteiger partial charge on any atom is 0.117 e. The fraction of sp³-hybridized carbons (Fsp3) is 0.429. The quantitative estimate of drug-likeness (QED) is 0.672. The van der Waals surface area contributed by atoms with Crippen molar-refractivity contribution in [2.45, 2.75) is 31.9 Å². The number of rotatable bonds is 2. The first-order chi connectivity index (χ1) is 12.5. The van der Waals surface area contributed by atoms with Crippen LogP contribution in [0.4, 0.5) is 5.69 Å². The van der Waals surface area contributed by atoms with Gasteiger partial charge >= 0.3 is 0 Å². The lowest BCUT2D eigenvalue weighted by molar-refractivity contribution is 0.0393. The van der Waals surface area contributed by atoms with Gasteiger partial charge in [-0.3, -0.25) is 4.90 Å². The number of hydrogen-bond donors (Lipinski definition) is 2. The maximum absolute atomic E-state index is 10.7. The third-order valence-electron chi connectivity index (χ3n) is 5.82. The zero-order valence-electron chi connectivity index (χ0n) is 15.0. The van der Waals surface area contributed by atoms with E-state index in [1.54, 1.807) is 6.07 Å². The molecule has 0 amide bonds. The average molecular weight is 464 g/mol. The van der Waals surface area contributed by atoms with Gasteiger partial charge in [0, 0.05) is 54.0 Å². The Balaban J connectivity index is 1.46. The normalized spacial score (nSPS) is 23.7. The summed E-state index contributed by atoms with van der Waals surface area (Å²) in [5.41, 5.74) is 5.02. The van der Waals surface area contributed by atoms with Crippen molar-refractivity contribution in [2.24, 2.45) is 0 Å². The summed E-state index contributed by atoms with van der Waals surface area (Å²) in [5.74, 6) is 0.321. The average Bonchev–Trinajstić information content (AvgIpc) is 2.64. The Morgan fingerprint density at radius 2 is 1.81 bits per heavy atom. The molecular formula is C21H25IN2O2. The molecule has 1 aliphatic carbocycles. The van der Waals surface area contributed by atoms with Crippen molar-refractivity contribution in [2.75, 3.05) is 31.1 Å². The topological polar surface area (TPSA) is 46.9 Å². The van der Waals surface area contributed by atoms with Gasteiger partial charge in [0.05, 0.1) is 6.10 Å². The number of aryl methyl sites for hydroxylation is 1. The lowest BCUT2D eigenvalue weighted by Crippen LogP contribution is -2.56. The van der Waals surface area contributed by atoms with Crippen LogP contribution in [0.1, 0.15) is 16.7 Å². The van der Waals surface area contributed by atoms with Crippen LogP contribution in [-0.4, -0.2) is 53.4 Å². The third kappa shape index (κ3) is 3.44. The second kappa shape index (κ2) is 7.37. The lowest BCUT2D eigenvalue weighted by atomic mass is 9.85. The summed E-state index contributed by atoms with van der Waals surface area (Å²) in [6.45, 7) is 5.81. The van der Waals surface area contributed by atoms with Gasteiger partial charge in [-0.1, -0.05) is 18.2 Å². The lowest BCUT2D eigenvalue weighted by Gasteiger charge is -2.44. The van der Waals surface area contributed by atoms with E-state index in [-0.39, 0.29) is 12.1 Å². The largest absolute Gasteiger partial charge is 0.508 e. The van der Waals surface area contributed by atoms with E-state index in [0.29, 0.717) is 5.75 Å². The second-order valence-electron chi connectivity index (χ2n) is 7.41. The van der Waals surface area contributed by atoms with Crippen molar-refractivity contribution in [3.05, 3.63) is 56.7 Å². The van der Waals surface area contributed by atoms with Gasteiger partial charge < -0.3 is 15.1 Å². The number of nitrogens with zero attached hydrogens (tertiary/aromatic N) is 2. The standard InChI is InChI=1S/C21H25IN2O2/c1-14-5-6-16(25)12-19(14)23-7-9-24(10-8-23)20-13-17-15(11-21(20)26)3-2-4-18(17)22/h2-6,12,20-21,25-26H,7-11,13H2,1H3. The van der Waals surface area contributed by atoms with Crippen LogP contribution in [0.2, 0.25) is 0 Å². The van der Waals surface area contributed by atoms with Gasteiger partial charge in [0.2, 0.25) is 0 Å². The molecule has 2 aromatic rings. The zero-order valence-corrected chi connectivity index (χ0v) is 17.2. The summed E-state index contributed by atoms with van der Waals surface area (Å²) >= 11 is 2.42. The Morgan fingerprint density at radius 3 is 2.58 bits per heavy atom. The minimum atomic E-state index is -0.297. The molecule has 0 radical (unpaired) electrons. The highest BCUT2D eigenvalue weighted by Gasteiger charge is 2.34. The van der Waals surface area contributed by atoms with Crippen LogP contribution in [0.3, 0.4) is 0 Å². The SMILES string of the molecule is Cc1ccc(O)cc1N1CCN(C2Cc3c(I)cccc3CC2O)CC1. The predicted octanol–water partition coefficient (Wildman–Crippen LogP) is 2.96. The number of piperazine rings is 1. The molecule has 1 aliphatic heterocycles. The highest BCUT2D eigenvalue weighted by molar-refractivity contribution is 14.1. The second-order valence-corrected chi connectivity index (χ2v) is 8.58. The minimum absolute atomic E-state index is 0.200. The van der Waals surface area contributed by atoms with Crippen LogP contribution in [0.25, 0.3) is 0 Å². The molecule has 0 bridgehead atoms. The molecule has 2 unspecified atom stereocenters. The van der Waals surface area contributed by atoms with E-state index in [9.17, 15) is 10.2 Å². The number of aromatic hydroxyl groups is 1. The van der Waals surface area contributed by atoms with Gasteiger partial charge in [-0.2, -0.15) is 0 Å². The molecule has 2 atom stereocenters. The summed E-state index contributed by atoms with van der Waals surface area (Å²) < 4.78 is 1.31. The van der Waals surface area contributed by atoms with Crippen molar-refractivity contribution in [3.8, 4) is 5.75 Å². The highest BCUT2D eigenvalue weighted by atomic mass is 127. The third-order valence-corrected chi connectivity index (χ3v) is 6.83. The van der Waals surface area contributed by atoms with Crippen LogP contribution >= 0.6 is 22.6 Å². The van der Waals surface area contributed by atoms with Crippen LogP contribution < -0.4 is 4.90 Å². The first-order valence-electron chi connectivity index (χ1n) is 9.26. The van der Waals surface area contributed by atoms with Crippen LogP contribution in [0.5, 0.6) is 5.75 Å². The number of halogens is 1. The molecule has 2 N–H and O–H groups in total. The van der Waals surface area contributed by atoms with Crippen molar-refractivity contribution in [1.29, 1.82) is 0 Å². The van der Waals surface area contributed by atoms with Gasteiger partial charge in [-0.25, -0.2) is 0 Å². The van der Waals surface area contributed by atoms with Crippen molar-refractivity contribution in [1.82, 2.24) is 4.90 Å². The number of aliphatic hydroxyl groups is 1. The maximum atomic E-state index is 10.7. The van der Waals surface area contributed by atoms with E-state index in [1.165, 1.54) is 20.3 Å². The van der Waals surface area contributed by atoms with E-state index in [2.05, 4.69) is 57.5 Å². The molecule has 0 aromatic heterocycles. The van der Waals surface area contributed by atoms with E-state index in [4.69, 9.17) is 0 Å². The Kier molecular flexibility index (Phi) is 5.12. The van der Waals surface area contributed by atoms with E-state index >= 15 is 0 Å². The first kappa shape index (κ1) is 18.1. The molecule has 0 spiro atoms. The number of fused-ring (bicyclic) bond motifs is 1. The molecule has 1 heterocycles. The van der Waals surface area contributed by atoms with Crippen molar-refractivity contribution in [3.63, 3.8) is 0 Å². The Morgan fingerprint density at radius 1 is 1.04 bits per heavy atom. The predicted molar refractivity (Wildman–Crippen MR) is 113 cm³/mol. The first-order valence-corrected chi connectivity index (χ1v) is 10.3. The number of aliphatic hydroxyl groups excluding tert-OH is 1. The molecule has 4 rings (SSSR count).